The van der Waals surface area contributed by atoms with E-state index in [9.17, 15) is 9.59 Å². The van der Waals surface area contributed by atoms with Gasteiger partial charge in [-0.3, -0.25) is 14.8 Å². The third kappa shape index (κ3) is 4.52. The highest BCUT2D eigenvalue weighted by Gasteiger charge is 2.38. The molecular formula is C22H26N2O3S2. The van der Waals surface area contributed by atoms with Crippen LogP contribution >= 0.6 is 23.1 Å². The highest BCUT2D eigenvalue weighted by Crippen LogP contribution is 2.50. The summed E-state index contributed by atoms with van der Waals surface area (Å²) < 4.78 is -0.274. The summed E-state index contributed by atoms with van der Waals surface area (Å²) in [6, 6.07) is 12.2. The van der Waals surface area contributed by atoms with Crippen LogP contribution in [0, 0.1) is 5.92 Å². The lowest BCUT2D eigenvalue weighted by Gasteiger charge is -2.35. The average molecular weight is 431 g/mol. The zero-order chi connectivity index (χ0) is 20.3. The van der Waals surface area contributed by atoms with E-state index in [1.807, 2.05) is 30.0 Å². The van der Waals surface area contributed by atoms with Gasteiger partial charge in [0, 0.05) is 27.8 Å². The Balaban J connectivity index is 1.55. The molecule has 1 atom stereocenters. The van der Waals surface area contributed by atoms with E-state index in [1.165, 1.54) is 4.88 Å². The summed E-state index contributed by atoms with van der Waals surface area (Å²) in [5.41, 5.74) is 3.70. The SMILES string of the molecule is O=C(C[C@]1(c2ccc(-c3cccc(NC(=O)C4CCC4)c3)s2)CCCCS1)NO. The fourth-order valence-electron chi connectivity index (χ4n) is 3.97. The maximum Gasteiger partial charge on any atom is 0.245 e. The van der Waals surface area contributed by atoms with Gasteiger partial charge in [0.05, 0.1) is 4.75 Å². The second kappa shape index (κ2) is 8.90. The van der Waals surface area contributed by atoms with Gasteiger partial charge in [0.15, 0.2) is 0 Å². The van der Waals surface area contributed by atoms with Crippen molar-refractivity contribution in [1.82, 2.24) is 5.48 Å². The molecule has 2 aromatic rings. The molecule has 4 rings (SSSR count). The summed E-state index contributed by atoms with van der Waals surface area (Å²) in [5, 5.41) is 12.1. The number of rotatable bonds is 6. The Bertz CT molecular complexity index is 886. The Hall–Kier alpha value is -1.83. The molecule has 3 N–H and O–H groups in total. The van der Waals surface area contributed by atoms with Crippen molar-refractivity contribution >= 4 is 40.6 Å². The lowest BCUT2D eigenvalue weighted by Crippen LogP contribution is -2.32. The average Bonchev–Trinajstić information content (AvgIpc) is 3.18. The minimum absolute atomic E-state index is 0.118. The van der Waals surface area contributed by atoms with Crippen LogP contribution in [-0.2, 0) is 14.3 Å². The number of hydrogen-bond acceptors (Lipinski definition) is 5. The lowest BCUT2D eigenvalue weighted by atomic mass is 9.85. The zero-order valence-electron chi connectivity index (χ0n) is 16.3. The van der Waals surface area contributed by atoms with Gasteiger partial charge in [-0.1, -0.05) is 25.0 Å². The molecule has 2 amide bonds. The molecular weight excluding hydrogens is 404 g/mol. The molecule has 1 aromatic heterocycles. The molecule has 1 saturated carbocycles. The van der Waals surface area contributed by atoms with Crippen molar-refractivity contribution in [2.24, 2.45) is 5.92 Å². The van der Waals surface area contributed by atoms with Crippen LogP contribution in [0.3, 0.4) is 0 Å². The van der Waals surface area contributed by atoms with E-state index in [4.69, 9.17) is 5.21 Å². The molecule has 0 radical (unpaired) electrons. The van der Waals surface area contributed by atoms with Gasteiger partial charge in [-0.25, -0.2) is 5.48 Å². The fourth-order valence-corrected chi connectivity index (χ4v) is 6.86. The number of nitrogens with one attached hydrogen (secondary N) is 2. The van der Waals surface area contributed by atoms with Crippen LogP contribution in [0.25, 0.3) is 10.4 Å². The zero-order valence-corrected chi connectivity index (χ0v) is 17.9. The van der Waals surface area contributed by atoms with Crippen LogP contribution in [0.4, 0.5) is 5.69 Å². The molecule has 29 heavy (non-hydrogen) atoms. The van der Waals surface area contributed by atoms with Crippen molar-refractivity contribution in [3.05, 3.63) is 41.3 Å². The molecule has 1 saturated heterocycles. The Morgan fingerprint density at radius 3 is 2.69 bits per heavy atom. The Morgan fingerprint density at radius 2 is 2.00 bits per heavy atom. The Labute approximate surface area is 179 Å². The minimum atomic E-state index is -0.338. The first kappa shape index (κ1) is 20.4. The van der Waals surface area contributed by atoms with Crippen molar-refractivity contribution in [3.63, 3.8) is 0 Å². The minimum Gasteiger partial charge on any atom is -0.326 e. The van der Waals surface area contributed by atoms with Crippen LogP contribution in [-0.4, -0.2) is 22.8 Å². The predicted octanol–water partition coefficient (Wildman–Crippen LogP) is 5.16. The van der Waals surface area contributed by atoms with Crippen molar-refractivity contribution in [2.75, 3.05) is 11.1 Å². The van der Waals surface area contributed by atoms with Gasteiger partial charge in [0.2, 0.25) is 11.8 Å². The largest absolute Gasteiger partial charge is 0.326 e. The molecule has 5 nitrogen and oxygen atoms in total. The normalized spacial score (nSPS) is 22.0. The molecule has 154 valence electrons. The third-order valence-electron chi connectivity index (χ3n) is 5.87. The monoisotopic (exact) mass is 430 g/mol. The van der Waals surface area contributed by atoms with Crippen LogP contribution in [0.5, 0.6) is 0 Å². The van der Waals surface area contributed by atoms with E-state index in [0.717, 1.165) is 60.4 Å². The first-order chi connectivity index (χ1) is 14.1. The van der Waals surface area contributed by atoms with Crippen molar-refractivity contribution in [1.29, 1.82) is 0 Å². The van der Waals surface area contributed by atoms with Gasteiger partial charge in [0.25, 0.3) is 0 Å². The summed E-state index contributed by atoms with van der Waals surface area (Å²) in [6.45, 7) is 0. The van der Waals surface area contributed by atoms with Crippen molar-refractivity contribution in [3.8, 4) is 10.4 Å². The lowest BCUT2D eigenvalue weighted by molar-refractivity contribution is -0.130. The number of benzene rings is 1. The predicted molar refractivity (Wildman–Crippen MR) is 118 cm³/mol. The molecule has 2 fully saturated rings. The summed E-state index contributed by atoms with van der Waals surface area (Å²) in [4.78, 5) is 26.5. The van der Waals surface area contributed by atoms with E-state index >= 15 is 0 Å². The van der Waals surface area contributed by atoms with E-state index in [2.05, 4.69) is 23.5 Å². The number of amides is 2. The van der Waals surface area contributed by atoms with E-state index < -0.39 is 0 Å². The van der Waals surface area contributed by atoms with Gasteiger partial charge >= 0.3 is 0 Å². The van der Waals surface area contributed by atoms with Crippen LogP contribution in [0.1, 0.15) is 49.8 Å². The maximum atomic E-state index is 12.3. The Morgan fingerprint density at radius 1 is 1.14 bits per heavy atom. The van der Waals surface area contributed by atoms with Gasteiger partial charge < -0.3 is 5.32 Å². The van der Waals surface area contributed by atoms with E-state index in [0.29, 0.717) is 0 Å². The number of carbonyl (C=O) groups is 2. The first-order valence-electron chi connectivity index (χ1n) is 10.2. The second-order valence-corrected chi connectivity index (χ2v) is 10.4. The Kier molecular flexibility index (Phi) is 6.27. The van der Waals surface area contributed by atoms with E-state index in [-0.39, 0.29) is 28.9 Å². The van der Waals surface area contributed by atoms with Crippen molar-refractivity contribution in [2.45, 2.75) is 49.7 Å². The van der Waals surface area contributed by atoms with Gasteiger partial charge in [-0.05, 0) is 61.3 Å². The molecule has 2 aliphatic rings. The number of anilines is 1. The van der Waals surface area contributed by atoms with Crippen LogP contribution in [0.2, 0.25) is 0 Å². The highest BCUT2D eigenvalue weighted by molar-refractivity contribution is 8.00. The fraction of sp³-hybridized carbons (Fsp3) is 0.455. The maximum absolute atomic E-state index is 12.3. The van der Waals surface area contributed by atoms with E-state index in [1.54, 1.807) is 16.8 Å². The summed E-state index contributed by atoms with van der Waals surface area (Å²) in [5.74, 6) is 0.963. The molecule has 0 spiro atoms. The molecule has 0 bridgehead atoms. The molecule has 2 heterocycles. The first-order valence-corrected chi connectivity index (χ1v) is 12.0. The second-order valence-electron chi connectivity index (χ2n) is 7.87. The molecule has 1 aromatic carbocycles. The molecule has 0 unspecified atom stereocenters. The number of carbonyl (C=O) groups excluding carboxylic acids is 2. The quantitative estimate of drug-likeness (QED) is 0.437. The number of hydrogen-bond donors (Lipinski definition) is 3. The molecule has 1 aliphatic carbocycles. The summed E-state index contributed by atoms with van der Waals surface area (Å²) in [7, 11) is 0. The molecule has 1 aliphatic heterocycles. The number of hydroxylamine groups is 1. The topological polar surface area (TPSA) is 78.4 Å². The molecule has 7 heteroatoms. The van der Waals surface area contributed by atoms with Gasteiger partial charge in [0.1, 0.15) is 0 Å². The standard InChI is InChI=1S/C22H26N2O3S2/c25-20(24-27)14-22(11-1-2-12-28-22)19-10-9-18(29-19)16-7-4-8-17(13-16)23-21(26)15-5-3-6-15/h4,7-10,13,15,27H,1-3,5-6,11-12,14H2,(H,23,26)(H,24,25)/t22-/m0/s1. The number of thiophene rings is 1. The van der Waals surface area contributed by atoms with Crippen LogP contribution < -0.4 is 10.8 Å². The van der Waals surface area contributed by atoms with Crippen LogP contribution in [0.15, 0.2) is 36.4 Å². The number of thioether (sulfide) groups is 1. The van der Waals surface area contributed by atoms with Gasteiger partial charge in [-0.15, -0.1) is 23.1 Å². The van der Waals surface area contributed by atoms with Gasteiger partial charge in [-0.2, -0.15) is 0 Å². The summed E-state index contributed by atoms with van der Waals surface area (Å²) >= 11 is 3.52. The smallest absolute Gasteiger partial charge is 0.245 e. The highest BCUT2D eigenvalue weighted by atomic mass is 32.2. The third-order valence-corrected chi connectivity index (χ3v) is 8.95. The summed E-state index contributed by atoms with van der Waals surface area (Å²) in [6.07, 6.45) is 6.58. The van der Waals surface area contributed by atoms with Crippen molar-refractivity contribution < 1.29 is 14.8 Å².